The summed E-state index contributed by atoms with van der Waals surface area (Å²) in [7, 11) is 0. The molecule has 0 bridgehead atoms. The maximum Gasteiger partial charge on any atom is 0.409 e. The molecule has 8 heteroatoms. The van der Waals surface area contributed by atoms with E-state index in [0.29, 0.717) is 12.1 Å². The van der Waals surface area contributed by atoms with Crippen molar-refractivity contribution in [1.29, 1.82) is 0 Å². The molecule has 1 aromatic carbocycles. The lowest BCUT2D eigenvalue weighted by molar-refractivity contribution is -0.169. The second-order valence-corrected chi connectivity index (χ2v) is 4.24. The first-order valence-electron chi connectivity index (χ1n) is 5.24. The van der Waals surface area contributed by atoms with Crippen LogP contribution in [0.25, 0.3) is 0 Å². The van der Waals surface area contributed by atoms with Crippen LogP contribution >= 0.6 is 0 Å². The molecular formula is C11H8F5NO2. The Morgan fingerprint density at radius 2 is 1.84 bits per heavy atom. The van der Waals surface area contributed by atoms with Crippen molar-refractivity contribution in [2.45, 2.75) is 18.6 Å². The fourth-order valence-corrected chi connectivity index (χ4v) is 2.05. The molecule has 104 valence electrons. The van der Waals surface area contributed by atoms with Crippen molar-refractivity contribution >= 4 is 11.7 Å². The highest BCUT2D eigenvalue weighted by atomic mass is 19.4. The highest BCUT2D eigenvalue weighted by molar-refractivity contribution is 5.74. The third-order valence-corrected chi connectivity index (χ3v) is 2.97. The third-order valence-electron chi connectivity index (χ3n) is 2.97. The van der Waals surface area contributed by atoms with Gasteiger partial charge in [-0.15, -0.1) is 0 Å². The SMILES string of the molecule is O=C(O)[C@@H]1Cc2cc(F)c(F)cc2N[C@@H]1C(F)(F)F. The van der Waals surface area contributed by atoms with Gasteiger partial charge in [0.05, 0.1) is 5.92 Å². The molecular weight excluding hydrogens is 273 g/mol. The summed E-state index contributed by atoms with van der Waals surface area (Å²) >= 11 is 0. The van der Waals surface area contributed by atoms with Crippen LogP contribution in [0.15, 0.2) is 12.1 Å². The Balaban J connectivity index is 2.45. The molecule has 0 fully saturated rings. The lowest BCUT2D eigenvalue weighted by Gasteiger charge is -2.33. The van der Waals surface area contributed by atoms with Crippen LogP contribution in [-0.4, -0.2) is 23.3 Å². The number of nitrogens with one attached hydrogen (secondary N) is 1. The number of aliphatic carboxylic acids is 1. The number of anilines is 1. The highest BCUT2D eigenvalue weighted by Gasteiger charge is 2.50. The van der Waals surface area contributed by atoms with Gasteiger partial charge in [-0.25, -0.2) is 8.78 Å². The predicted molar refractivity (Wildman–Crippen MR) is 54.7 cm³/mol. The Labute approximate surface area is 104 Å². The minimum Gasteiger partial charge on any atom is -0.481 e. The second-order valence-electron chi connectivity index (χ2n) is 4.24. The van der Waals surface area contributed by atoms with E-state index in [1.54, 1.807) is 0 Å². The Hall–Kier alpha value is -1.86. The van der Waals surface area contributed by atoms with Crippen molar-refractivity contribution in [2.24, 2.45) is 5.92 Å². The van der Waals surface area contributed by atoms with Crippen LogP contribution < -0.4 is 5.32 Å². The largest absolute Gasteiger partial charge is 0.481 e. The van der Waals surface area contributed by atoms with Crippen molar-refractivity contribution in [1.82, 2.24) is 0 Å². The molecule has 0 aliphatic carbocycles. The summed E-state index contributed by atoms with van der Waals surface area (Å²) < 4.78 is 64.2. The number of carbonyl (C=O) groups is 1. The van der Waals surface area contributed by atoms with E-state index in [0.717, 1.165) is 0 Å². The van der Waals surface area contributed by atoms with E-state index in [-0.39, 0.29) is 11.3 Å². The van der Waals surface area contributed by atoms with Crippen LogP contribution in [0.5, 0.6) is 0 Å². The molecule has 2 N–H and O–H groups in total. The maximum absolute atomic E-state index is 13.0. The molecule has 1 heterocycles. The quantitative estimate of drug-likeness (QED) is 0.778. The highest BCUT2D eigenvalue weighted by Crippen LogP contribution is 2.37. The van der Waals surface area contributed by atoms with Crippen LogP contribution in [0.2, 0.25) is 0 Å². The van der Waals surface area contributed by atoms with Crippen molar-refractivity contribution in [3.8, 4) is 0 Å². The van der Waals surface area contributed by atoms with Crippen LogP contribution in [0, 0.1) is 17.6 Å². The fourth-order valence-electron chi connectivity index (χ4n) is 2.05. The topological polar surface area (TPSA) is 49.3 Å². The summed E-state index contributed by atoms with van der Waals surface area (Å²) in [5.74, 6) is -5.95. The average molecular weight is 281 g/mol. The summed E-state index contributed by atoms with van der Waals surface area (Å²) in [5.41, 5.74) is -0.231. The van der Waals surface area contributed by atoms with Gasteiger partial charge in [-0.05, 0) is 18.1 Å². The first kappa shape index (κ1) is 13.6. The molecule has 1 aliphatic heterocycles. The number of fused-ring (bicyclic) bond motifs is 1. The molecule has 2 atom stereocenters. The Bertz CT molecular complexity index is 529. The summed E-state index contributed by atoms with van der Waals surface area (Å²) in [6, 6.07) is -1.02. The molecule has 0 aromatic heterocycles. The Morgan fingerprint density at radius 1 is 1.26 bits per heavy atom. The van der Waals surface area contributed by atoms with Crippen LogP contribution in [0.1, 0.15) is 5.56 Å². The van der Waals surface area contributed by atoms with Crippen LogP contribution in [0.3, 0.4) is 0 Å². The number of rotatable bonds is 1. The molecule has 0 saturated heterocycles. The number of hydrogen-bond donors (Lipinski definition) is 2. The van der Waals surface area contributed by atoms with Crippen molar-refractivity contribution < 1.29 is 31.9 Å². The molecule has 2 rings (SSSR count). The summed E-state index contributed by atoms with van der Waals surface area (Å²) in [5, 5.41) is 10.7. The van der Waals surface area contributed by atoms with Crippen molar-refractivity contribution in [3.05, 3.63) is 29.3 Å². The zero-order chi connectivity index (χ0) is 14.4. The standard InChI is InChI=1S/C11H8F5NO2/c12-6-2-4-1-5(10(18)19)9(11(14,15)16)17-8(4)3-7(6)13/h2-3,5,9,17H,1H2,(H,18,19)/t5-,9+/m1/s1. The summed E-state index contributed by atoms with van der Waals surface area (Å²) in [4.78, 5) is 10.9. The number of carboxylic acids is 1. The fraction of sp³-hybridized carbons (Fsp3) is 0.364. The number of carboxylic acid groups (broad SMARTS) is 1. The maximum atomic E-state index is 13.0. The van der Waals surface area contributed by atoms with Gasteiger partial charge in [0.2, 0.25) is 0 Å². The molecule has 3 nitrogen and oxygen atoms in total. The van der Waals surface area contributed by atoms with Gasteiger partial charge in [-0.1, -0.05) is 0 Å². The molecule has 1 aromatic rings. The smallest absolute Gasteiger partial charge is 0.409 e. The lowest BCUT2D eigenvalue weighted by atomic mass is 9.86. The van der Waals surface area contributed by atoms with Gasteiger partial charge >= 0.3 is 12.1 Å². The van der Waals surface area contributed by atoms with Crippen molar-refractivity contribution in [2.75, 3.05) is 5.32 Å². The monoisotopic (exact) mass is 281 g/mol. The number of alkyl halides is 3. The van der Waals surface area contributed by atoms with E-state index in [1.165, 1.54) is 0 Å². The van der Waals surface area contributed by atoms with E-state index in [1.807, 2.05) is 5.32 Å². The zero-order valence-corrected chi connectivity index (χ0v) is 9.26. The van der Waals surface area contributed by atoms with Gasteiger partial charge in [-0.3, -0.25) is 4.79 Å². The predicted octanol–water partition coefficient (Wildman–Crippen LogP) is 2.56. The van der Waals surface area contributed by atoms with Gasteiger partial charge in [-0.2, -0.15) is 13.2 Å². The Morgan fingerprint density at radius 3 is 2.37 bits per heavy atom. The van der Waals surface area contributed by atoms with E-state index in [4.69, 9.17) is 5.11 Å². The minimum absolute atomic E-state index is 0.00630. The first-order chi connectivity index (χ1) is 8.70. The number of halogens is 5. The molecule has 0 saturated carbocycles. The van der Waals surface area contributed by atoms with Crippen LogP contribution in [0.4, 0.5) is 27.6 Å². The van der Waals surface area contributed by atoms with E-state index >= 15 is 0 Å². The van der Waals surface area contributed by atoms with Gasteiger partial charge < -0.3 is 10.4 Å². The van der Waals surface area contributed by atoms with Gasteiger partial charge in [0, 0.05) is 11.8 Å². The minimum atomic E-state index is -4.80. The number of hydrogen-bond acceptors (Lipinski definition) is 2. The lowest BCUT2D eigenvalue weighted by Crippen LogP contribution is -2.49. The third kappa shape index (κ3) is 2.47. The van der Waals surface area contributed by atoms with Gasteiger partial charge in [0.25, 0.3) is 0 Å². The van der Waals surface area contributed by atoms with Gasteiger partial charge in [0.15, 0.2) is 11.6 Å². The number of benzene rings is 1. The van der Waals surface area contributed by atoms with Crippen molar-refractivity contribution in [3.63, 3.8) is 0 Å². The summed E-state index contributed by atoms with van der Waals surface area (Å²) in [6.45, 7) is 0. The molecule has 0 radical (unpaired) electrons. The molecule has 0 spiro atoms. The first-order valence-corrected chi connectivity index (χ1v) is 5.24. The van der Waals surface area contributed by atoms with E-state index in [2.05, 4.69) is 0 Å². The summed E-state index contributed by atoms with van der Waals surface area (Å²) in [6.07, 6.45) is -5.31. The van der Waals surface area contributed by atoms with Gasteiger partial charge in [0.1, 0.15) is 6.04 Å². The zero-order valence-electron chi connectivity index (χ0n) is 9.26. The molecule has 1 aliphatic rings. The molecule has 0 unspecified atom stereocenters. The molecule has 0 amide bonds. The average Bonchev–Trinajstić information content (AvgIpc) is 2.27. The van der Waals surface area contributed by atoms with Crippen LogP contribution in [-0.2, 0) is 11.2 Å². The van der Waals surface area contributed by atoms with E-state index < -0.39 is 42.2 Å². The molecule has 19 heavy (non-hydrogen) atoms. The second kappa shape index (κ2) is 4.36. The normalized spacial score (nSPS) is 22.6. The van der Waals surface area contributed by atoms with E-state index in [9.17, 15) is 26.7 Å². The Kier molecular flexibility index (Phi) is 3.11.